The van der Waals surface area contributed by atoms with Crippen LogP contribution in [0.5, 0.6) is 0 Å². The Kier molecular flexibility index (Phi) is 3.50. The number of nitrogens with one attached hydrogen (secondary N) is 1. The number of para-hydroxylation sites is 1. The lowest BCUT2D eigenvalue weighted by molar-refractivity contribution is 0.548. The lowest BCUT2D eigenvalue weighted by Gasteiger charge is -2.31. The molecule has 0 radical (unpaired) electrons. The topological polar surface area (TPSA) is 88.8 Å². The highest BCUT2D eigenvalue weighted by Crippen LogP contribution is 2.41. The Bertz CT molecular complexity index is 903. The van der Waals surface area contributed by atoms with Gasteiger partial charge in [0.15, 0.2) is 0 Å². The zero-order chi connectivity index (χ0) is 15.8. The lowest BCUT2D eigenvalue weighted by Crippen LogP contribution is -2.41. The second-order valence-electron chi connectivity index (χ2n) is 5.20. The van der Waals surface area contributed by atoms with E-state index in [-0.39, 0.29) is 0 Å². The van der Waals surface area contributed by atoms with Crippen LogP contribution >= 0.6 is 0 Å². The van der Waals surface area contributed by atoms with E-state index in [0.29, 0.717) is 23.1 Å². The summed E-state index contributed by atoms with van der Waals surface area (Å²) in [5, 5.41) is 5.68. The standard InChI is InChI=1S/C16H17N3O2S/c1-2-16(22(17,20)21,12-7-4-3-5-8-12)13-9-6-10-14-15(13)19-11-18-14/h3-11H,2H2,1H3,(H,18,19)(H2,17,20,21). The van der Waals surface area contributed by atoms with E-state index in [1.807, 2.05) is 37.3 Å². The summed E-state index contributed by atoms with van der Waals surface area (Å²) in [6, 6.07) is 14.5. The first-order valence-corrected chi connectivity index (χ1v) is 8.56. The Balaban J connectivity index is 2.44. The summed E-state index contributed by atoms with van der Waals surface area (Å²) in [7, 11) is -3.91. The van der Waals surface area contributed by atoms with Crippen molar-refractivity contribution in [1.82, 2.24) is 9.97 Å². The summed E-state index contributed by atoms with van der Waals surface area (Å²) in [6.45, 7) is 1.82. The average molecular weight is 315 g/mol. The van der Waals surface area contributed by atoms with Crippen LogP contribution in [0.4, 0.5) is 0 Å². The number of hydrogen-bond acceptors (Lipinski definition) is 3. The van der Waals surface area contributed by atoms with Gasteiger partial charge in [0.1, 0.15) is 4.75 Å². The minimum absolute atomic E-state index is 0.321. The Labute approximate surface area is 129 Å². The number of imidazole rings is 1. The van der Waals surface area contributed by atoms with Gasteiger partial charge in [-0.15, -0.1) is 0 Å². The van der Waals surface area contributed by atoms with Crippen LogP contribution in [0.15, 0.2) is 54.9 Å². The molecule has 3 aromatic rings. The van der Waals surface area contributed by atoms with Gasteiger partial charge >= 0.3 is 0 Å². The molecule has 1 aromatic heterocycles. The van der Waals surface area contributed by atoms with Crippen LogP contribution in [-0.2, 0) is 14.8 Å². The number of nitrogens with zero attached hydrogens (tertiary/aromatic N) is 1. The number of sulfonamides is 1. The van der Waals surface area contributed by atoms with E-state index in [4.69, 9.17) is 5.14 Å². The Morgan fingerprint density at radius 3 is 2.50 bits per heavy atom. The monoisotopic (exact) mass is 315 g/mol. The van der Waals surface area contributed by atoms with Crippen LogP contribution in [0.2, 0.25) is 0 Å². The molecule has 2 aromatic carbocycles. The van der Waals surface area contributed by atoms with Gasteiger partial charge in [-0.25, -0.2) is 18.5 Å². The molecule has 6 heteroatoms. The van der Waals surface area contributed by atoms with Gasteiger partial charge in [0.25, 0.3) is 0 Å². The van der Waals surface area contributed by atoms with E-state index in [1.54, 1.807) is 24.5 Å². The molecule has 0 amide bonds. The molecular weight excluding hydrogens is 298 g/mol. The first kappa shape index (κ1) is 14.7. The van der Waals surface area contributed by atoms with Gasteiger partial charge in [-0.2, -0.15) is 0 Å². The average Bonchev–Trinajstić information content (AvgIpc) is 2.97. The number of hydrogen-bond donors (Lipinski definition) is 2. The first-order valence-electron chi connectivity index (χ1n) is 7.01. The van der Waals surface area contributed by atoms with E-state index in [2.05, 4.69) is 9.97 Å². The maximum Gasteiger partial charge on any atom is 0.223 e. The van der Waals surface area contributed by atoms with Crippen molar-refractivity contribution in [2.75, 3.05) is 0 Å². The maximum absolute atomic E-state index is 12.6. The van der Waals surface area contributed by atoms with Crippen molar-refractivity contribution >= 4 is 21.1 Å². The lowest BCUT2D eigenvalue weighted by atomic mass is 9.87. The molecule has 1 atom stereocenters. The first-order chi connectivity index (χ1) is 10.5. The third-order valence-electron chi connectivity index (χ3n) is 4.11. The molecule has 0 aliphatic rings. The van der Waals surface area contributed by atoms with Gasteiger partial charge in [-0.1, -0.05) is 49.4 Å². The van der Waals surface area contributed by atoms with Crippen molar-refractivity contribution in [3.05, 3.63) is 66.0 Å². The molecule has 3 N–H and O–H groups in total. The molecule has 0 aliphatic carbocycles. The predicted octanol–water partition coefficient (Wildman–Crippen LogP) is 2.50. The SMILES string of the molecule is CCC(c1ccccc1)(c1cccc2[nH]cnc12)S(N)(=O)=O. The zero-order valence-corrected chi connectivity index (χ0v) is 13.0. The summed E-state index contributed by atoms with van der Waals surface area (Å²) in [5.74, 6) is 0. The minimum Gasteiger partial charge on any atom is -0.345 e. The van der Waals surface area contributed by atoms with Gasteiger partial charge in [0.05, 0.1) is 17.4 Å². The van der Waals surface area contributed by atoms with Crippen molar-refractivity contribution < 1.29 is 8.42 Å². The van der Waals surface area contributed by atoms with Crippen LogP contribution in [0, 0.1) is 0 Å². The van der Waals surface area contributed by atoms with Gasteiger partial charge in [0, 0.05) is 5.56 Å². The van der Waals surface area contributed by atoms with Gasteiger partial charge in [-0.05, 0) is 18.1 Å². The second-order valence-corrected chi connectivity index (χ2v) is 6.98. The normalized spacial score (nSPS) is 14.8. The van der Waals surface area contributed by atoms with E-state index >= 15 is 0 Å². The number of aromatic amines is 1. The van der Waals surface area contributed by atoms with Crippen molar-refractivity contribution in [3.8, 4) is 0 Å². The van der Waals surface area contributed by atoms with Crippen LogP contribution in [0.3, 0.4) is 0 Å². The van der Waals surface area contributed by atoms with Crippen molar-refractivity contribution in [3.63, 3.8) is 0 Å². The quantitative estimate of drug-likeness (QED) is 0.775. The summed E-state index contributed by atoms with van der Waals surface area (Å²) < 4.78 is 23.9. The van der Waals surface area contributed by atoms with Crippen LogP contribution in [0.1, 0.15) is 24.5 Å². The predicted molar refractivity (Wildman–Crippen MR) is 86.7 cm³/mol. The molecule has 0 fully saturated rings. The molecule has 0 spiro atoms. The van der Waals surface area contributed by atoms with Crippen LogP contribution in [-0.4, -0.2) is 18.4 Å². The molecule has 0 aliphatic heterocycles. The molecule has 22 heavy (non-hydrogen) atoms. The van der Waals surface area contributed by atoms with E-state index in [1.165, 1.54) is 0 Å². The molecule has 0 saturated carbocycles. The van der Waals surface area contributed by atoms with Crippen molar-refractivity contribution in [2.24, 2.45) is 5.14 Å². The van der Waals surface area contributed by atoms with Crippen LogP contribution in [0.25, 0.3) is 11.0 Å². The van der Waals surface area contributed by atoms with Crippen molar-refractivity contribution in [2.45, 2.75) is 18.1 Å². The van der Waals surface area contributed by atoms with Gasteiger partial charge in [-0.3, -0.25) is 0 Å². The number of rotatable bonds is 4. The number of primary sulfonamides is 1. The fourth-order valence-electron chi connectivity index (χ4n) is 3.07. The van der Waals surface area contributed by atoms with E-state index in [9.17, 15) is 8.42 Å². The van der Waals surface area contributed by atoms with Crippen LogP contribution < -0.4 is 5.14 Å². The molecule has 1 unspecified atom stereocenters. The molecule has 1 heterocycles. The number of aromatic nitrogens is 2. The Hall–Kier alpha value is -2.18. The molecular formula is C16H17N3O2S. The third-order valence-corrected chi connectivity index (χ3v) is 5.82. The Morgan fingerprint density at radius 1 is 1.14 bits per heavy atom. The number of benzene rings is 2. The summed E-state index contributed by atoms with van der Waals surface area (Å²) in [6.07, 6.45) is 1.88. The maximum atomic E-state index is 12.6. The molecule has 3 rings (SSSR count). The van der Waals surface area contributed by atoms with E-state index < -0.39 is 14.8 Å². The zero-order valence-electron chi connectivity index (χ0n) is 12.2. The van der Waals surface area contributed by atoms with Gasteiger partial charge in [0.2, 0.25) is 10.0 Å². The summed E-state index contributed by atoms with van der Waals surface area (Å²) in [5.41, 5.74) is 2.66. The highest BCUT2D eigenvalue weighted by molar-refractivity contribution is 7.90. The van der Waals surface area contributed by atoms with Gasteiger partial charge < -0.3 is 4.98 Å². The van der Waals surface area contributed by atoms with Crippen molar-refractivity contribution in [1.29, 1.82) is 0 Å². The fraction of sp³-hybridized carbons (Fsp3) is 0.188. The second kappa shape index (κ2) is 5.23. The van der Waals surface area contributed by atoms with E-state index in [0.717, 1.165) is 5.52 Å². The number of fused-ring (bicyclic) bond motifs is 1. The third kappa shape index (κ3) is 2.03. The summed E-state index contributed by atoms with van der Waals surface area (Å²) >= 11 is 0. The summed E-state index contributed by atoms with van der Waals surface area (Å²) in [4.78, 5) is 7.31. The fourth-order valence-corrected chi connectivity index (χ4v) is 4.41. The number of H-pyrrole nitrogens is 1. The number of nitrogens with two attached hydrogens (primary N) is 1. The highest BCUT2D eigenvalue weighted by Gasteiger charge is 2.45. The molecule has 114 valence electrons. The molecule has 0 saturated heterocycles. The largest absolute Gasteiger partial charge is 0.345 e. The molecule has 0 bridgehead atoms. The highest BCUT2D eigenvalue weighted by atomic mass is 32.2. The minimum atomic E-state index is -3.91. The molecule has 5 nitrogen and oxygen atoms in total. The smallest absolute Gasteiger partial charge is 0.223 e. The Morgan fingerprint density at radius 2 is 1.86 bits per heavy atom.